The van der Waals surface area contributed by atoms with Crippen LogP contribution in [0.2, 0.25) is 0 Å². The van der Waals surface area contributed by atoms with Gasteiger partial charge in [0.1, 0.15) is 5.75 Å². The average molecular weight is 357 g/mol. The second-order valence-electron chi connectivity index (χ2n) is 5.68. The molecule has 0 heterocycles. The molecule has 22 heavy (non-hydrogen) atoms. The molecule has 2 aromatic carbocycles. The van der Waals surface area contributed by atoms with Crippen molar-refractivity contribution >= 4 is 21.5 Å². The van der Waals surface area contributed by atoms with Crippen LogP contribution in [0.1, 0.15) is 42.9 Å². The van der Waals surface area contributed by atoms with E-state index >= 15 is 0 Å². The number of fused-ring (bicyclic) bond motifs is 1. The molecule has 0 spiro atoms. The number of benzene rings is 2. The molecular formula is C20H21BrO. The first-order valence-electron chi connectivity index (χ1n) is 8.00. The van der Waals surface area contributed by atoms with E-state index in [0.29, 0.717) is 0 Å². The molecule has 0 saturated carbocycles. The SMILES string of the molecule is CCCCOc1ccc2c(c1)CCC=C2c1ccc(Br)cc1. The fourth-order valence-corrected chi connectivity index (χ4v) is 3.11. The Labute approximate surface area is 141 Å². The highest BCUT2D eigenvalue weighted by Crippen LogP contribution is 2.34. The summed E-state index contributed by atoms with van der Waals surface area (Å²) in [5.41, 5.74) is 5.36. The number of hydrogen-bond donors (Lipinski definition) is 0. The van der Waals surface area contributed by atoms with Crippen molar-refractivity contribution in [3.05, 3.63) is 69.7 Å². The van der Waals surface area contributed by atoms with Gasteiger partial charge in [-0.05, 0) is 65.8 Å². The summed E-state index contributed by atoms with van der Waals surface area (Å²) in [7, 11) is 0. The molecule has 0 unspecified atom stereocenters. The average Bonchev–Trinajstić information content (AvgIpc) is 2.55. The first-order chi connectivity index (χ1) is 10.8. The maximum absolute atomic E-state index is 5.84. The van der Waals surface area contributed by atoms with Crippen molar-refractivity contribution in [3.8, 4) is 5.75 Å². The largest absolute Gasteiger partial charge is 0.494 e. The third-order valence-corrected chi connectivity index (χ3v) is 4.58. The Hall–Kier alpha value is -1.54. The zero-order chi connectivity index (χ0) is 15.4. The van der Waals surface area contributed by atoms with Crippen molar-refractivity contribution in [2.45, 2.75) is 32.6 Å². The van der Waals surface area contributed by atoms with Crippen LogP contribution in [0.4, 0.5) is 0 Å². The highest BCUT2D eigenvalue weighted by molar-refractivity contribution is 9.10. The summed E-state index contributed by atoms with van der Waals surface area (Å²) in [6, 6.07) is 15.1. The van der Waals surface area contributed by atoms with E-state index in [1.54, 1.807) is 0 Å². The first-order valence-corrected chi connectivity index (χ1v) is 8.79. The Morgan fingerprint density at radius 2 is 1.91 bits per heavy atom. The van der Waals surface area contributed by atoms with Crippen molar-refractivity contribution in [1.29, 1.82) is 0 Å². The van der Waals surface area contributed by atoms with Crippen LogP contribution in [0.5, 0.6) is 5.75 Å². The molecule has 0 aliphatic heterocycles. The van der Waals surface area contributed by atoms with Gasteiger partial charge in [-0.15, -0.1) is 0 Å². The number of hydrogen-bond acceptors (Lipinski definition) is 1. The fraction of sp³-hybridized carbons (Fsp3) is 0.300. The molecule has 0 radical (unpaired) electrons. The Bertz CT molecular complexity index is 671. The Morgan fingerprint density at radius 1 is 1.09 bits per heavy atom. The molecule has 0 atom stereocenters. The van der Waals surface area contributed by atoms with Gasteiger partial charge in [0, 0.05) is 4.47 Å². The van der Waals surface area contributed by atoms with E-state index in [9.17, 15) is 0 Å². The normalized spacial score (nSPS) is 13.5. The zero-order valence-electron chi connectivity index (χ0n) is 12.9. The highest BCUT2D eigenvalue weighted by Gasteiger charge is 2.15. The molecule has 1 nitrogen and oxygen atoms in total. The van der Waals surface area contributed by atoms with Crippen LogP contribution in [-0.2, 0) is 6.42 Å². The molecule has 0 fully saturated rings. The van der Waals surface area contributed by atoms with Gasteiger partial charge in [0.05, 0.1) is 6.61 Å². The third-order valence-electron chi connectivity index (χ3n) is 4.05. The fourth-order valence-electron chi connectivity index (χ4n) is 2.85. The summed E-state index contributed by atoms with van der Waals surface area (Å²) < 4.78 is 6.96. The van der Waals surface area contributed by atoms with Gasteiger partial charge in [-0.3, -0.25) is 0 Å². The van der Waals surface area contributed by atoms with Crippen LogP contribution in [-0.4, -0.2) is 6.61 Å². The molecule has 2 aromatic rings. The van der Waals surface area contributed by atoms with Gasteiger partial charge in [-0.25, -0.2) is 0 Å². The van der Waals surface area contributed by atoms with E-state index in [0.717, 1.165) is 36.1 Å². The van der Waals surface area contributed by atoms with Crippen molar-refractivity contribution < 1.29 is 4.74 Å². The van der Waals surface area contributed by atoms with Crippen molar-refractivity contribution in [1.82, 2.24) is 0 Å². The monoisotopic (exact) mass is 356 g/mol. The Morgan fingerprint density at radius 3 is 2.68 bits per heavy atom. The molecule has 0 amide bonds. The van der Waals surface area contributed by atoms with Gasteiger partial charge in [-0.2, -0.15) is 0 Å². The van der Waals surface area contributed by atoms with Gasteiger partial charge in [0.15, 0.2) is 0 Å². The summed E-state index contributed by atoms with van der Waals surface area (Å²) in [4.78, 5) is 0. The van der Waals surface area contributed by atoms with E-state index in [4.69, 9.17) is 4.74 Å². The maximum Gasteiger partial charge on any atom is 0.119 e. The lowest BCUT2D eigenvalue weighted by Gasteiger charge is -2.19. The molecule has 0 bridgehead atoms. The molecule has 0 N–H and O–H groups in total. The van der Waals surface area contributed by atoms with Crippen LogP contribution < -0.4 is 4.74 Å². The molecule has 0 saturated heterocycles. The molecule has 1 aliphatic carbocycles. The summed E-state index contributed by atoms with van der Waals surface area (Å²) >= 11 is 3.50. The Kier molecular flexibility index (Phi) is 4.99. The van der Waals surface area contributed by atoms with Crippen LogP contribution in [0, 0.1) is 0 Å². The predicted octanol–water partition coefficient (Wildman–Crippen LogP) is 6.01. The lowest BCUT2D eigenvalue weighted by molar-refractivity contribution is 0.309. The third kappa shape index (κ3) is 3.44. The number of halogens is 1. The molecule has 0 aromatic heterocycles. The minimum absolute atomic E-state index is 0.810. The predicted molar refractivity (Wildman–Crippen MR) is 96.4 cm³/mol. The van der Waals surface area contributed by atoms with Gasteiger partial charge < -0.3 is 4.74 Å². The van der Waals surface area contributed by atoms with E-state index < -0.39 is 0 Å². The van der Waals surface area contributed by atoms with Gasteiger partial charge in [0.2, 0.25) is 0 Å². The standard InChI is InChI=1S/C20H21BrO/c1-2-3-13-22-18-11-12-20-16(14-18)5-4-6-19(20)15-7-9-17(21)10-8-15/h6-12,14H,2-5,13H2,1H3. The van der Waals surface area contributed by atoms with E-state index in [1.165, 1.54) is 28.7 Å². The number of aryl methyl sites for hydroxylation is 1. The Balaban J connectivity index is 1.86. The van der Waals surface area contributed by atoms with Gasteiger partial charge >= 0.3 is 0 Å². The molecular weight excluding hydrogens is 336 g/mol. The minimum Gasteiger partial charge on any atom is -0.494 e. The van der Waals surface area contributed by atoms with E-state index in [2.05, 4.69) is 71.4 Å². The van der Waals surface area contributed by atoms with Crippen LogP contribution in [0.15, 0.2) is 53.0 Å². The van der Waals surface area contributed by atoms with Crippen molar-refractivity contribution in [2.75, 3.05) is 6.61 Å². The molecule has 1 aliphatic rings. The van der Waals surface area contributed by atoms with Crippen LogP contribution in [0.25, 0.3) is 5.57 Å². The topological polar surface area (TPSA) is 9.23 Å². The van der Waals surface area contributed by atoms with Crippen molar-refractivity contribution in [2.24, 2.45) is 0 Å². The quantitative estimate of drug-likeness (QED) is 0.596. The number of rotatable bonds is 5. The molecule has 3 rings (SSSR count). The lowest BCUT2D eigenvalue weighted by atomic mass is 9.87. The number of unbranched alkanes of at least 4 members (excludes halogenated alkanes) is 1. The summed E-state index contributed by atoms with van der Waals surface area (Å²) in [5, 5.41) is 0. The van der Waals surface area contributed by atoms with E-state index in [1.807, 2.05) is 0 Å². The second kappa shape index (κ2) is 7.15. The van der Waals surface area contributed by atoms with Crippen LogP contribution in [0.3, 0.4) is 0 Å². The summed E-state index contributed by atoms with van der Waals surface area (Å²) in [6.07, 6.45) is 6.82. The number of allylic oxidation sites excluding steroid dienone is 1. The van der Waals surface area contributed by atoms with Crippen LogP contribution >= 0.6 is 15.9 Å². The summed E-state index contributed by atoms with van der Waals surface area (Å²) in [6.45, 7) is 3.00. The zero-order valence-corrected chi connectivity index (χ0v) is 14.5. The summed E-state index contributed by atoms with van der Waals surface area (Å²) in [5.74, 6) is 1.00. The first kappa shape index (κ1) is 15.4. The van der Waals surface area contributed by atoms with Gasteiger partial charge in [0.25, 0.3) is 0 Å². The molecule has 114 valence electrons. The highest BCUT2D eigenvalue weighted by atomic mass is 79.9. The lowest BCUT2D eigenvalue weighted by Crippen LogP contribution is -2.03. The smallest absolute Gasteiger partial charge is 0.119 e. The minimum atomic E-state index is 0.810. The maximum atomic E-state index is 5.84. The van der Waals surface area contributed by atoms with Crippen molar-refractivity contribution in [3.63, 3.8) is 0 Å². The molecule has 2 heteroatoms. The van der Waals surface area contributed by atoms with E-state index in [-0.39, 0.29) is 0 Å². The number of ether oxygens (including phenoxy) is 1. The second-order valence-corrected chi connectivity index (χ2v) is 6.60. The van der Waals surface area contributed by atoms with Gasteiger partial charge in [-0.1, -0.05) is 53.5 Å².